The summed E-state index contributed by atoms with van der Waals surface area (Å²) in [5, 5.41) is 21.3. The number of rotatable bonds is 1. The van der Waals surface area contributed by atoms with Crippen molar-refractivity contribution < 1.29 is 15.0 Å². The molecule has 4 rings (SSSR count). The van der Waals surface area contributed by atoms with Crippen LogP contribution in [0.5, 0.6) is 0 Å². The number of aliphatic hydroxyl groups is 2. The van der Waals surface area contributed by atoms with Gasteiger partial charge < -0.3 is 10.2 Å². The Kier molecular flexibility index (Phi) is 3.76. The molecule has 0 aromatic heterocycles. The fourth-order valence-corrected chi connectivity index (χ4v) is 7.83. The summed E-state index contributed by atoms with van der Waals surface area (Å²) >= 11 is 0. The third-order valence-corrected chi connectivity index (χ3v) is 9.37. The second-order valence-corrected chi connectivity index (χ2v) is 10.00. The van der Waals surface area contributed by atoms with Gasteiger partial charge in [-0.1, -0.05) is 13.8 Å². The van der Waals surface area contributed by atoms with Crippen molar-refractivity contribution >= 4 is 5.78 Å². The Bertz CT molecular complexity index is 545. The fraction of sp³-hybridized carbons (Fsp3) is 0.952. The van der Waals surface area contributed by atoms with Gasteiger partial charge in [-0.3, -0.25) is 4.79 Å². The van der Waals surface area contributed by atoms with E-state index in [-0.39, 0.29) is 17.3 Å². The molecule has 4 saturated carbocycles. The first kappa shape index (κ1) is 17.0. The van der Waals surface area contributed by atoms with Gasteiger partial charge in [0.1, 0.15) is 5.60 Å². The quantitative estimate of drug-likeness (QED) is 0.768. The average Bonchev–Trinajstić information content (AvgIpc) is 2.81. The third-order valence-electron chi connectivity index (χ3n) is 9.37. The molecular weight excluding hydrogens is 300 g/mol. The molecule has 0 heterocycles. The number of Topliss-reactive ketones (excluding diaryl/α,β-unsaturated/α-hetero) is 1. The van der Waals surface area contributed by atoms with E-state index in [4.69, 9.17) is 0 Å². The highest BCUT2D eigenvalue weighted by atomic mass is 16.3. The van der Waals surface area contributed by atoms with Crippen LogP contribution in [0.2, 0.25) is 0 Å². The summed E-state index contributed by atoms with van der Waals surface area (Å²) < 4.78 is 0. The average molecular weight is 335 g/mol. The van der Waals surface area contributed by atoms with Crippen molar-refractivity contribution in [3.63, 3.8) is 0 Å². The van der Waals surface area contributed by atoms with Crippen molar-refractivity contribution in [3.05, 3.63) is 0 Å². The van der Waals surface area contributed by atoms with Crippen LogP contribution in [-0.4, -0.2) is 27.7 Å². The highest BCUT2D eigenvalue weighted by Crippen LogP contribution is 2.68. The Balaban J connectivity index is 1.65. The van der Waals surface area contributed by atoms with Gasteiger partial charge in [0, 0.05) is 5.41 Å². The molecule has 0 aliphatic heterocycles. The highest BCUT2D eigenvalue weighted by molar-refractivity contribution is 5.86. The molecular formula is C21H34O3. The molecule has 0 saturated heterocycles. The predicted octanol–water partition coefficient (Wildman–Crippen LogP) is 3.71. The van der Waals surface area contributed by atoms with Gasteiger partial charge in [0.05, 0.1) is 6.10 Å². The zero-order valence-electron chi connectivity index (χ0n) is 15.6. The summed E-state index contributed by atoms with van der Waals surface area (Å²) in [5.74, 6) is 2.52. The molecule has 3 nitrogen and oxygen atoms in total. The monoisotopic (exact) mass is 334 g/mol. The van der Waals surface area contributed by atoms with Gasteiger partial charge >= 0.3 is 0 Å². The molecule has 8 atom stereocenters. The Morgan fingerprint density at radius 3 is 2.38 bits per heavy atom. The maximum Gasteiger partial charge on any atom is 0.161 e. The standard InChI is InChI=1S/C21H34O3/c1-13(22)21(24)11-8-18-16-5-4-14-12-15(23)6-9-19(14,2)17(16)7-10-20(18,21)3/h14-18,23-24H,4-12H2,1-3H3/t14-,15+,16-,17+,18+,19+,20+,21-/m1/s1. The molecule has 3 heteroatoms. The van der Waals surface area contributed by atoms with E-state index in [9.17, 15) is 15.0 Å². The van der Waals surface area contributed by atoms with Gasteiger partial charge in [-0.05, 0) is 93.8 Å². The summed E-state index contributed by atoms with van der Waals surface area (Å²) in [7, 11) is 0. The fourth-order valence-electron chi connectivity index (χ4n) is 7.83. The second kappa shape index (κ2) is 5.30. The van der Waals surface area contributed by atoms with Crippen LogP contribution in [0.25, 0.3) is 0 Å². The Labute approximate surface area is 146 Å². The molecule has 0 aromatic carbocycles. The van der Waals surface area contributed by atoms with Crippen molar-refractivity contribution in [3.8, 4) is 0 Å². The lowest BCUT2D eigenvalue weighted by Crippen LogP contribution is -2.58. The summed E-state index contributed by atoms with van der Waals surface area (Å²) in [5.41, 5.74) is -0.957. The largest absolute Gasteiger partial charge is 0.393 e. The van der Waals surface area contributed by atoms with Crippen LogP contribution in [0, 0.1) is 34.5 Å². The van der Waals surface area contributed by atoms with Crippen molar-refractivity contribution in [1.29, 1.82) is 0 Å². The SMILES string of the molecule is CC(=O)[C@]1(O)CC[C@H]2[C@@H]3CC[C@@H]4C[C@@H](O)CC[C@]4(C)[C@H]3CC[C@@]21C. The maximum atomic E-state index is 12.2. The normalized spacial score (nSPS) is 57.0. The lowest BCUT2D eigenvalue weighted by molar-refractivity contribution is -0.170. The van der Waals surface area contributed by atoms with Gasteiger partial charge in [0.2, 0.25) is 0 Å². The van der Waals surface area contributed by atoms with Crippen LogP contribution < -0.4 is 0 Å². The number of hydrogen-bond donors (Lipinski definition) is 2. The molecule has 2 N–H and O–H groups in total. The van der Waals surface area contributed by atoms with E-state index in [1.165, 1.54) is 12.8 Å². The molecule has 0 unspecified atom stereocenters. The zero-order chi connectivity index (χ0) is 17.3. The number of hydrogen-bond acceptors (Lipinski definition) is 3. The van der Waals surface area contributed by atoms with Crippen LogP contribution in [0.3, 0.4) is 0 Å². The first-order valence-corrected chi connectivity index (χ1v) is 10.1. The summed E-state index contributed by atoms with van der Waals surface area (Å²) in [6.07, 6.45) is 9.25. The molecule has 4 aliphatic rings. The smallest absolute Gasteiger partial charge is 0.161 e. The molecule has 0 bridgehead atoms. The van der Waals surface area contributed by atoms with E-state index in [1.54, 1.807) is 6.92 Å². The van der Waals surface area contributed by atoms with Crippen molar-refractivity contribution in [2.24, 2.45) is 34.5 Å². The van der Waals surface area contributed by atoms with Crippen molar-refractivity contribution in [2.75, 3.05) is 0 Å². The van der Waals surface area contributed by atoms with Gasteiger partial charge in [-0.15, -0.1) is 0 Å². The van der Waals surface area contributed by atoms with E-state index in [2.05, 4.69) is 13.8 Å². The van der Waals surface area contributed by atoms with E-state index in [1.807, 2.05) is 0 Å². The Morgan fingerprint density at radius 1 is 0.958 bits per heavy atom. The molecule has 0 aromatic rings. The lowest BCUT2D eigenvalue weighted by Gasteiger charge is -2.61. The number of carbonyl (C=O) groups is 1. The minimum atomic E-state index is -1.09. The number of fused-ring (bicyclic) bond motifs is 5. The van der Waals surface area contributed by atoms with Crippen molar-refractivity contribution in [1.82, 2.24) is 0 Å². The van der Waals surface area contributed by atoms with Gasteiger partial charge in [0.15, 0.2) is 5.78 Å². The minimum Gasteiger partial charge on any atom is -0.393 e. The molecule has 136 valence electrons. The van der Waals surface area contributed by atoms with Crippen molar-refractivity contribution in [2.45, 2.75) is 90.3 Å². The Hall–Kier alpha value is -0.410. The summed E-state index contributed by atoms with van der Waals surface area (Å²) in [6, 6.07) is 0. The molecule has 4 aliphatic carbocycles. The van der Waals surface area contributed by atoms with E-state index >= 15 is 0 Å². The van der Waals surface area contributed by atoms with Crippen LogP contribution in [0.15, 0.2) is 0 Å². The molecule has 4 fully saturated rings. The van der Waals surface area contributed by atoms with Gasteiger partial charge in [-0.25, -0.2) is 0 Å². The topological polar surface area (TPSA) is 57.5 Å². The number of ketones is 1. The highest BCUT2D eigenvalue weighted by Gasteiger charge is 2.65. The molecule has 0 spiro atoms. The molecule has 0 radical (unpaired) electrons. The summed E-state index contributed by atoms with van der Waals surface area (Å²) in [4.78, 5) is 12.2. The first-order valence-electron chi connectivity index (χ1n) is 10.1. The number of carbonyl (C=O) groups excluding carboxylic acids is 1. The zero-order valence-corrected chi connectivity index (χ0v) is 15.6. The van der Waals surface area contributed by atoms with Crippen LogP contribution in [0.4, 0.5) is 0 Å². The van der Waals surface area contributed by atoms with Crippen LogP contribution in [-0.2, 0) is 4.79 Å². The lowest BCUT2D eigenvalue weighted by atomic mass is 9.44. The minimum absolute atomic E-state index is 0.0216. The maximum absolute atomic E-state index is 12.2. The van der Waals surface area contributed by atoms with Crippen LogP contribution in [0.1, 0.15) is 78.6 Å². The predicted molar refractivity (Wildman–Crippen MR) is 93.4 cm³/mol. The first-order chi connectivity index (χ1) is 11.2. The van der Waals surface area contributed by atoms with Crippen LogP contribution >= 0.6 is 0 Å². The van der Waals surface area contributed by atoms with E-state index < -0.39 is 5.60 Å². The van der Waals surface area contributed by atoms with E-state index in [0.29, 0.717) is 29.6 Å². The number of aliphatic hydroxyl groups excluding tert-OH is 1. The molecule has 24 heavy (non-hydrogen) atoms. The summed E-state index contributed by atoms with van der Waals surface area (Å²) in [6.45, 7) is 6.26. The van der Waals surface area contributed by atoms with Gasteiger partial charge in [0.25, 0.3) is 0 Å². The Morgan fingerprint density at radius 2 is 1.67 bits per heavy atom. The van der Waals surface area contributed by atoms with Gasteiger partial charge in [-0.2, -0.15) is 0 Å². The second-order valence-electron chi connectivity index (χ2n) is 10.00. The molecule has 0 amide bonds. The third kappa shape index (κ3) is 2.00. The van der Waals surface area contributed by atoms with E-state index in [0.717, 1.165) is 44.4 Å².